The smallest absolute Gasteiger partial charge is 0.123 e. The zero-order chi connectivity index (χ0) is 20.8. The van der Waals surface area contributed by atoms with Gasteiger partial charge in [0.15, 0.2) is 0 Å². The van der Waals surface area contributed by atoms with Crippen LogP contribution in [0.2, 0.25) is 0 Å². The fourth-order valence-corrected chi connectivity index (χ4v) is 2.77. The number of aryl methyl sites for hydroxylation is 2. The topological polar surface area (TPSA) is 51.8 Å². The van der Waals surface area contributed by atoms with Gasteiger partial charge in [0.05, 0.1) is 0 Å². The third-order valence-electron chi connectivity index (χ3n) is 3.70. The summed E-state index contributed by atoms with van der Waals surface area (Å²) < 4.78 is 0. The van der Waals surface area contributed by atoms with Crippen LogP contribution >= 0.6 is 0 Å². The lowest BCUT2D eigenvalue weighted by molar-refractivity contribution is 0.469. The molecule has 0 spiro atoms. The van der Waals surface area contributed by atoms with Crippen LogP contribution in [0.4, 0.5) is 5.82 Å². The minimum absolute atomic E-state index is 0.606. The Morgan fingerprint density at radius 3 is 1.70 bits per heavy atom. The van der Waals surface area contributed by atoms with Gasteiger partial charge in [0, 0.05) is 17.1 Å². The van der Waals surface area contributed by atoms with E-state index in [0.29, 0.717) is 11.7 Å². The number of hydrogen-bond donors (Lipinski definition) is 1. The molecule has 0 amide bonds. The molecule has 0 aromatic carbocycles. The predicted octanol–water partition coefficient (Wildman–Crippen LogP) is 6.50. The minimum atomic E-state index is 0.606. The average Bonchev–Trinajstić information content (AvgIpc) is 2.54. The van der Waals surface area contributed by atoms with Gasteiger partial charge in [-0.05, 0) is 68.2 Å². The quantitative estimate of drug-likeness (QED) is 0.652. The van der Waals surface area contributed by atoms with Crippen molar-refractivity contribution in [3.63, 3.8) is 0 Å². The van der Waals surface area contributed by atoms with Crippen LogP contribution in [0.3, 0.4) is 0 Å². The van der Waals surface area contributed by atoms with Gasteiger partial charge in [-0.15, -0.1) is 0 Å². The molecular formula is C24H41N3. The van der Waals surface area contributed by atoms with E-state index in [9.17, 15) is 0 Å². The monoisotopic (exact) mass is 371 g/mol. The maximum Gasteiger partial charge on any atom is 0.123 e. The summed E-state index contributed by atoms with van der Waals surface area (Å²) in [5.41, 5.74) is 8.80. The fourth-order valence-electron chi connectivity index (χ4n) is 2.77. The molecule has 2 heterocycles. The van der Waals surface area contributed by atoms with Crippen molar-refractivity contribution in [2.75, 3.05) is 5.73 Å². The van der Waals surface area contributed by atoms with Gasteiger partial charge in [-0.25, -0.2) is 4.98 Å². The van der Waals surface area contributed by atoms with Crippen molar-refractivity contribution in [2.45, 2.75) is 74.7 Å². The van der Waals surface area contributed by atoms with E-state index in [4.69, 9.17) is 5.73 Å². The van der Waals surface area contributed by atoms with E-state index in [0.717, 1.165) is 36.1 Å². The highest BCUT2D eigenvalue weighted by molar-refractivity contribution is 5.28. The van der Waals surface area contributed by atoms with E-state index in [2.05, 4.69) is 70.6 Å². The van der Waals surface area contributed by atoms with E-state index in [1.807, 2.05) is 25.1 Å². The molecule has 0 saturated heterocycles. The van der Waals surface area contributed by atoms with Gasteiger partial charge in [-0.1, -0.05) is 60.6 Å². The van der Waals surface area contributed by atoms with Crippen LogP contribution < -0.4 is 5.73 Å². The number of rotatable bonds is 5. The van der Waals surface area contributed by atoms with Crippen molar-refractivity contribution in [1.29, 1.82) is 0 Å². The Kier molecular flexibility index (Phi) is 13.2. The Labute approximate surface area is 167 Å². The second-order valence-electron chi connectivity index (χ2n) is 8.30. The maximum absolute atomic E-state index is 5.42. The average molecular weight is 372 g/mol. The van der Waals surface area contributed by atoms with E-state index >= 15 is 0 Å². The van der Waals surface area contributed by atoms with Gasteiger partial charge in [-0.2, -0.15) is 0 Å². The van der Waals surface area contributed by atoms with Crippen LogP contribution in [0.1, 0.15) is 72.0 Å². The van der Waals surface area contributed by atoms with Gasteiger partial charge < -0.3 is 5.73 Å². The normalized spacial score (nSPS) is 10.3. The molecule has 0 bridgehead atoms. The first-order chi connectivity index (χ1) is 12.6. The van der Waals surface area contributed by atoms with Gasteiger partial charge in [0.1, 0.15) is 5.82 Å². The third kappa shape index (κ3) is 14.9. The molecule has 0 aliphatic carbocycles. The fraction of sp³-hybridized carbons (Fsp3) is 0.583. The molecule has 0 aliphatic rings. The molecule has 0 aliphatic heterocycles. The molecule has 152 valence electrons. The minimum Gasteiger partial charge on any atom is -0.384 e. The van der Waals surface area contributed by atoms with Gasteiger partial charge in [-0.3, -0.25) is 4.98 Å². The van der Waals surface area contributed by atoms with Gasteiger partial charge in [0.25, 0.3) is 0 Å². The highest BCUT2D eigenvalue weighted by atomic mass is 14.8. The molecular weight excluding hydrogens is 330 g/mol. The number of pyridine rings is 2. The summed E-state index contributed by atoms with van der Waals surface area (Å²) in [5, 5.41) is 0. The summed E-state index contributed by atoms with van der Waals surface area (Å²) in [4.78, 5) is 8.48. The van der Waals surface area contributed by atoms with Crippen molar-refractivity contribution in [3.05, 3.63) is 53.5 Å². The standard InChI is InChI=1S/C10H15N.C7H10N2.C7H16/c1-8(2)7-10-6-4-5-9(3)11-10;1-2-6-4-3-5-7(8)9-6;1-6(2)5-7(3)4/h4-6,8H,7H2,1-3H3;3-5H,2H2,1H3,(H2,8,9);6-7H,5H2,1-4H3. The summed E-state index contributed by atoms with van der Waals surface area (Å²) in [6.45, 7) is 17.6. The summed E-state index contributed by atoms with van der Waals surface area (Å²) in [5.74, 6) is 3.05. The Morgan fingerprint density at radius 2 is 1.33 bits per heavy atom. The van der Waals surface area contributed by atoms with Crippen molar-refractivity contribution >= 4 is 5.82 Å². The highest BCUT2D eigenvalue weighted by Gasteiger charge is 1.98. The molecule has 2 rings (SSSR count). The highest BCUT2D eigenvalue weighted by Crippen LogP contribution is 2.08. The summed E-state index contributed by atoms with van der Waals surface area (Å²) >= 11 is 0. The zero-order valence-electron chi connectivity index (χ0n) is 18.8. The van der Waals surface area contributed by atoms with E-state index < -0.39 is 0 Å². The molecule has 2 aromatic rings. The van der Waals surface area contributed by atoms with Crippen LogP contribution in [0, 0.1) is 24.7 Å². The van der Waals surface area contributed by atoms with Crippen LogP contribution in [0.5, 0.6) is 0 Å². The summed E-state index contributed by atoms with van der Waals surface area (Å²) in [6, 6.07) is 11.9. The lowest BCUT2D eigenvalue weighted by Gasteiger charge is -2.05. The molecule has 0 unspecified atom stereocenters. The second kappa shape index (κ2) is 14.2. The lowest BCUT2D eigenvalue weighted by atomic mass is 10.0. The zero-order valence-corrected chi connectivity index (χ0v) is 18.8. The SMILES string of the molecule is CC(C)CC(C)C.CCc1cccc(N)n1.Cc1cccc(CC(C)C)n1. The Hall–Kier alpha value is -1.90. The first-order valence-electron chi connectivity index (χ1n) is 10.3. The Balaban J connectivity index is 0.000000387. The van der Waals surface area contributed by atoms with Crippen LogP contribution in [-0.4, -0.2) is 9.97 Å². The number of aromatic nitrogens is 2. The largest absolute Gasteiger partial charge is 0.384 e. The van der Waals surface area contributed by atoms with Crippen LogP contribution in [0.25, 0.3) is 0 Å². The predicted molar refractivity (Wildman–Crippen MR) is 120 cm³/mol. The summed E-state index contributed by atoms with van der Waals surface area (Å²) in [6.07, 6.45) is 3.40. The van der Waals surface area contributed by atoms with E-state index in [1.165, 1.54) is 12.1 Å². The first-order valence-corrected chi connectivity index (χ1v) is 10.3. The van der Waals surface area contributed by atoms with Crippen LogP contribution in [-0.2, 0) is 12.8 Å². The Bertz CT molecular complexity index is 613. The number of nitrogens with zero attached hydrogens (tertiary/aromatic N) is 2. The van der Waals surface area contributed by atoms with E-state index in [1.54, 1.807) is 6.07 Å². The number of nitrogen functional groups attached to an aromatic ring is 1. The maximum atomic E-state index is 5.42. The van der Waals surface area contributed by atoms with Gasteiger partial charge in [0.2, 0.25) is 0 Å². The number of nitrogens with two attached hydrogens (primary N) is 1. The molecule has 2 aromatic heterocycles. The molecule has 0 atom stereocenters. The van der Waals surface area contributed by atoms with Crippen LogP contribution in [0.15, 0.2) is 36.4 Å². The van der Waals surface area contributed by atoms with E-state index in [-0.39, 0.29) is 0 Å². The second-order valence-corrected chi connectivity index (χ2v) is 8.30. The van der Waals surface area contributed by atoms with Crippen molar-refractivity contribution in [1.82, 2.24) is 9.97 Å². The lowest BCUT2D eigenvalue weighted by Crippen LogP contribution is -1.97. The summed E-state index contributed by atoms with van der Waals surface area (Å²) in [7, 11) is 0. The Morgan fingerprint density at radius 1 is 0.778 bits per heavy atom. The molecule has 0 radical (unpaired) electrons. The van der Waals surface area contributed by atoms with Crippen molar-refractivity contribution < 1.29 is 0 Å². The molecule has 0 saturated carbocycles. The molecule has 0 fully saturated rings. The molecule has 3 nitrogen and oxygen atoms in total. The third-order valence-corrected chi connectivity index (χ3v) is 3.70. The first kappa shape index (κ1) is 25.1. The van der Waals surface area contributed by atoms with Crippen molar-refractivity contribution in [2.24, 2.45) is 17.8 Å². The molecule has 27 heavy (non-hydrogen) atoms. The number of hydrogen-bond acceptors (Lipinski definition) is 3. The molecule has 3 heteroatoms. The van der Waals surface area contributed by atoms with Gasteiger partial charge >= 0.3 is 0 Å². The molecule has 2 N–H and O–H groups in total. The van der Waals surface area contributed by atoms with Crippen molar-refractivity contribution in [3.8, 4) is 0 Å². The number of anilines is 1.